The van der Waals surface area contributed by atoms with Crippen molar-refractivity contribution in [1.82, 2.24) is 14.1 Å². The van der Waals surface area contributed by atoms with Gasteiger partial charge in [-0.15, -0.1) is 0 Å². The summed E-state index contributed by atoms with van der Waals surface area (Å²) >= 11 is 0. The second-order valence-electron chi connectivity index (χ2n) is 7.40. The van der Waals surface area contributed by atoms with Crippen molar-refractivity contribution >= 4 is 28.6 Å². The molecular formula is C24H19FN4O5. The maximum atomic E-state index is 13.5. The molecule has 0 fully saturated rings. The van der Waals surface area contributed by atoms with Crippen LogP contribution >= 0.6 is 0 Å². The van der Waals surface area contributed by atoms with Gasteiger partial charge in [-0.1, -0.05) is 24.3 Å². The molecule has 0 bridgehead atoms. The van der Waals surface area contributed by atoms with E-state index in [1.54, 1.807) is 37.3 Å². The lowest BCUT2D eigenvalue weighted by molar-refractivity contribution is -0.116. The van der Waals surface area contributed by atoms with Gasteiger partial charge in [-0.25, -0.2) is 28.1 Å². The van der Waals surface area contributed by atoms with E-state index >= 15 is 0 Å². The summed E-state index contributed by atoms with van der Waals surface area (Å²) in [7, 11) is 1.17. The second kappa shape index (κ2) is 9.10. The fourth-order valence-electron chi connectivity index (χ4n) is 3.59. The van der Waals surface area contributed by atoms with Crippen LogP contribution in [0.25, 0.3) is 16.7 Å². The van der Waals surface area contributed by atoms with Crippen molar-refractivity contribution in [3.63, 3.8) is 0 Å². The van der Waals surface area contributed by atoms with E-state index in [-0.39, 0.29) is 22.3 Å². The minimum absolute atomic E-state index is 0.0385. The number of halogens is 1. The fraction of sp³-hybridized carbons (Fsp3) is 0.125. The minimum Gasteiger partial charge on any atom is -0.465 e. The van der Waals surface area contributed by atoms with Crippen molar-refractivity contribution in [3.05, 3.63) is 98.6 Å². The number of benzene rings is 2. The predicted octanol–water partition coefficient (Wildman–Crippen LogP) is 2.42. The van der Waals surface area contributed by atoms with Crippen LogP contribution in [0.3, 0.4) is 0 Å². The molecule has 0 atom stereocenters. The van der Waals surface area contributed by atoms with Crippen LogP contribution in [0, 0.1) is 12.7 Å². The minimum atomic E-state index is -0.880. The summed E-state index contributed by atoms with van der Waals surface area (Å²) in [6.45, 7) is 0.940. The summed E-state index contributed by atoms with van der Waals surface area (Å²) in [5, 5.41) is 2.29. The maximum absolute atomic E-state index is 13.5. The second-order valence-corrected chi connectivity index (χ2v) is 7.40. The molecule has 2 aromatic heterocycles. The van der Waals surface area contributed by atoms with Crippen LogP contribution in [0.4, 0.5) is 10.1 Å². The molecule has 0 spiro atoms. The lowest BCUT2D eigenvalue weighted by Crippen LogP contribution is -2.43. The first-order chi connectivity index (χ1) is 16.3. The number of hydrogen-bond donors (Lipinski definition) is 1. The van der Waals surface area contributed by atoms with Crippen LogP contribution in [-0.2, 0) is 16.1 Å². The molecular weight excluding hydrogens is 443 g/mol. The van der Waals surface area contributed by atoms with Gasteiger partial charge in [-0.3, -0.25) is 9.59 Å². The van der Waals surface area contributed by atoms with Gasteiger partial charge in [-0.2, -0.15) is 0 Å². The predicted molar refractivity (Wildman–Crippen MR) is 123 cm³/mol. The average Bonchev–Trinajstić information content (AvgIpc) is 2.81. The Bertz CT molecular complexity index is 1540. The quantitative estimate of drug-likeness (QED) is 0.456. The van der Waals surface area contributed by atoms with Gasteiger partial charge < -0.3 is 10.1 Å². The molecule has 172 valence electrons. The zero-order chi connectivity index (χ0) is 24.4. The number of ether oxygens (including phenoxy) is 1. The maximum Gasteiger partial charge on any atom is 0.338 e. The highest BCUT2D eigenvalue weighted by atomic mass is 19.1. The molecule has 4 aromatic rings. The first-order valence-corrected chi connectivity index (χ1v) is 10.2. The number of methoxy groups -OCH3 is 1. The third kappa shape index (κ3) is 4.20. The number of aryl methyl sites for hydroxylation is 1. The smallest absolute Gasteiger partial charge is 0.338 e. The third-order valence-corrected chi connectivity index (χ3v) is 5.05. The zero-order valence-electron chi connectivity index (χ0n) is 18.2. The highest BCUT2D eigenvalue weighted by Crippen LogP contribution is 2.18. The van der Waals surface area contributed by atoms with Gasteiger partial charge in [0.25, 0.3) is 5.56 Å². The number of amides is 1. The molecule has 0 aliphatic carbocycles. The first-order valence-electron chi connectivity index (χ1n) is 10.2. The summed E-state index contributed by atoms with van der Waals surface area (Å²) in [5.74, 6) is -2.08. The molecule has 9 nitrogen and oxygen atoms in total. The van der Waals surface area contributed by atoms with Gasteiger partial charge in [0, 0.05) is 11.4 Å². The highest BCUT2D eigenvalue weighted by molar-refractivity contribution is 6.02. The molecule has 0 unspecified atom stereocenters. The number of anilines is 1. The molecule has 0 aliphatic heterocycles. The van der Waals surface area contributed by atoms with Gasteiger partial charge in [0.1, 0.15) is 12.4 Å². The van der Waals surface area contributed by atoms with Crippen LogP contribution in [0.2, 0.25) is 0 Å². The summed E-state index contributed by atoms with van der Waals surface area (Å²) < 4.78 is 20.1. The van der Waals surface area contributed by atoms with E-state index in [1.807, 2.05) is 0 Å². The van der Waals surface area contributed by atoms with Crippen LogP contribution in [0.15, 0.2) is 70.3 Å². The molecule has 0 saturated carbocycles. The summed E-state index contributed by atoms with van der Waals surface area (Å²) in [6.07, 6.45) is 0. The van der Waals surface area contributed by atoms with Crippen molar-refractivity contribution in [2.45, 2.75) is 13.5 Å². The molecule has 0 aliphatic rings. The van der Waals surface area contributed by atoms with Gasteiger partial charge in [0.2, 0.25) is 5.91 Å². The topological polar surface area (TPSA) is 112 Å². The standard InChI is InChI=1S/C24H19FN4O5/c1-14-11-18(23(32)34-2)20-21(26-14)29(17-9-4-3-5-10-17)24(33)28(22(20)31)13-19(30)27-16-8-6-7-15(25)12-16/h3-12H,13H2,1-2H3,(H,27,30). The molecule has 4 rings (SSSR count). The molecule has 0 saturated heterocycles. The number of carbonyl (C=O) groups excluding carboxylic acids is 2. The Kier molecular flexibility index (Phi) is 6.05. The molecule has 0 radical (unpaired) electrons. The monoisotopic (exact) mass is 462 g/mol. The number of aromatic nitrogens is 3. The fourth-order valence-corrected chi connectivity index (χ4v) is 3.59. The van der Waals surface area contributed by atoms with E-state index in [2.05, 4.69) is 10.3 Å². The Labute approximate surface area is 192 Å². The van der Waals surface area contributed by atoms with Crippen LogP contribution in [0.1, 0.15) is 16.1 Å². The van der Waals surface area contributed by atoms with E-state index < -0.39 is 35.5 Å². The number of pyridine rings is 1. The van der Waals surface area contributed by atoms with Crippen molar-refractivity contribution < 1.29 is 18.7 Å². The highest BCUT2D eigenvalue weighted by Gasteiger charge is 2.23. The first kappa shape index (κ1) is 22.6. The van der Waals surface area contributed by atoms with E-state index in [0.717, 1.165) is 10.6 Å². The number of hydrogen-bond acceptors (Lipinski definition) is 6. The number of esters is 1. The van der Waals surface area contributed by atoms with Gasteiger partial charge in [0.05, 0.1) is 23.7 Å². The number of para-hydroxylation sites is 1. The summed E-state index contributed by atoms with van der Waals surface area (Å²) in [5.41, 5.74) is -0.901. The van der Waals surface area contributed by atoms with E-state index in [1.165, 1.54) is 31.4 Å². The van der Waals surface area contributed by atoms with Crippen LogP contribution < -0.4 is 16.6 Å². The SMILES string of the molecule is COC(=O)c1cc(C)nc2c1c(=O)n(CC(=O)Nc1cccc(F)c1)c(=O)n2-c1ccccc1. The summed E-state index contributed by atoms with van der Waals surface area (Å²) in [6, 6.07) is 15.0. The van der Waals surface area contributed by atoms with Gasteiger partial charge >= 0.3 is 11.7 Å². The molecule has 2 aromatic carbocycles. The number of rotatable bonds is 5. The van der Waals surface area contributed by atoms with Crippen molar-refractivity contribution in [2.75, 3.05) is 12.4 Å². The molecule has 34 heavy (non-hydrogen) atoms. The van der Waals surface area contributed by atoms with Gasteiger partial charge in [-0.05, 0) is 43.3 Å². The van der Waals surface area contributed by atoms with Crippen LogP contribution in [0.5, 0.6) is 0 Å². The molecule has 1 N–H and O–H groups in total. The number of fused-ring (bicyclic) bond motifs is 1. The zero-order valence-corrected chi connectivity index (χ0v) is 18.2. The Hall–Kier alpha value is -4.60. The average molecular weight is 462 g/mol. The van der Waals surface area contributed by atoms with E-state index in [9.17, 15) is 23.6 Å². The third-order valence-electron chi connectivity index (χ3n) is 5.05. The Morgan fingerprint density at radius 1 is 1.06 bits per heavy atom. The Morgan fingerprint density at radius 2 is 1.79 bits per heavy atom. The summed E-state index contributed by atoms with van der Waals surface area (Å²) in [4.78, 5) is 56.3. The number of nitrogens with zero attached hydrogens (tertiary/aromatic N) is 3. The van der Waals surface area contributed by atoms with E-state index in [4.69, 9.17) is 4.74 Å². The number of nitrogens with one attached hydrogen (secondary N) is 1. The normalized spacial score (nSPS) is 10.8. The molecule has 1 amide bonds. The van der Waals surface area contributed by atoms with Crippen molar-refractivity contribution in [2.24, 2.45) is 0 Å². The lowest BCUT2D eigenvalue weighted by Gasteiger charge is -2.15. The Morgan fingerprint density at radius 3 is 2.47 bits per heavy atom. The van der Waals surface area contributed by atoms with Crippen molar-refractivity contribution in [1.29, 1.82) is 0 Å². The largest absolute Gasteiger partial charge is 0.465 e. The van der Waals surface area contributed by atoms with Crippen molar-refractivity contribution in [3.8, 4) is 5.69 Å². The molecule has 2 heterocycles. The molecule has 10 heteroatoms. The van der Waals surface area contributed by atoms with Crippen LogP contribution in [-0.4, -0.2) is 33.1 Å². The number of carbonyl (C=O) groups is 2. The van der Waals surface area contributed by atoms with E-state index in [0.29, 0.717) is 15.9 Å². The lowest BCUT2D eigenvalue weighted by atomic mass is 10.1. The van der Waals surface area contributed by atoms with Gasteiger partial charge in [0.15, 0.2) is 5.65 Å². The Balaban J connectivity index is 1.96.